The summed E-state index contributed by atoms with van der Waals surface area (Å²) >= 11 is 0. The smallest absolute Gasteiger partial charge is 0.322 e. The first kappa shape index (κ1) is 29.4. The van der Waals surface area contributed by atoms with Crippen molar-refractivity contribution < 1.29 is 32.7 Å². The molecule has 13 heteroatoms. The number of amides is 5. The summed E-state index contributed by atoms with van der Waals surface area (Å²) < 4.78 is 33.6. The number of nitrogens with one attached hydrogen (secondary N) is 3. The summed E-state index contributed by atoms with van der Waals surface area (Å²) in [5.41, 5.74) is -0.0458. The molecule has 1 unspecified atom stereocenters. The fraction of sp³-hybridized carbons (Fsp3) is 0.393. The van der Waals surface area contributed by atoms with E-state index in [-0.39, 0.29) is 37.2 Å². The fourth-order valence-electron chi connectivity index (χ4n) is 4.27. The Morgan fingerprint density at radius 3 is 2.59 bits per heavy atom. The number of anilines is 3. The lowest BCUT2D eigenvalue weighted by Crippen LogP contribution is -2.51. The zero-order valence-electron chi connectivity index (χ0n) is 22.6. The molecule has 1 aliphatic carbocycles. The second kappa shape index (κ2) is 12.7. The Balaban J connectivity index is 1.45. The molecule has 5 amide bonds. The highest BCUT2D eigenvalue weighted by Gasteiger charge is 2.31. The van der Waals surface area contributed by atoms with Gasteiger partial charge in [0.15, 0.2) is 6.10 Å². The number of morpholine rings is 1. The van der Waals surface area contributed by atoms with Crippen LogP contribution in [0.1, 0.15) is 42.6 Å². The van der Waals surface area contributed by atoms with E-state index in [1.165, 1.54) is 21.9 Å². The van der Waals surface area contributed by atoms with E-state index in [2.05, 4.69) is 16.0 Å². The Bertz CT molecular complexity index is 1390. The van der Waals surface area contributed by atoms with Gasteiger partial charge in [-0.15, -0.1) is 0 Å². The Hall–Kier alpha value is -4.57. The van der Waals surface area contributed by atoms with Crippen molar-refractivity contribution in [3.63, 3.8) is 0 Å². The maximum Gasteiger partial charge on any atom is 0.322 e. The molecule has 2 aromatic carbocycles. The molecule has 216 valence electrons. The molecule has 41 heavy (non-hydrogen) atoms. The van der Waals surface area contributed by atoms with E-state index < -0.39 is 40.9 Å². The predicted octanol–water partition coefficient (Wildman–Crippen LogP) is 3.22. The maximum absolute atomic E-state index is 14.2. The van der Waals surface area contributed by atoms with Crippen LogP contribution >= 0.6 is 0 Å². The summed E-state index contributed by atoms with van der Waals surface area (Å²) in [6, 6.07) is 6.73. The molecule has 1 aliphatic heterocycles. The average Bonchev–Trinajstić information content (AvgIpc) is 3.79. The van der Waals surface area contributed by atoms with Gasteiger partial charge in [0.1, 0.15) is 17.7 Å². The minimum Gasteiger partial charge on any atom is -0.365 e. The first-order valence-corrected chi connectivity index (χ1v) is 13.1. The Morgan fingerprint density at radius 1 is 1.17 bits per heavy atom. The molecule has 1 saturated carbocycles. The molecule has 1 heterocycles. The van der Waals surface area contributed by atoms with Gasteiger partial charge in [-0.05, 0) is 56.9 Å². The van der Waals surface area contributed by atoms with Gasteiger partial charge in [0.05, 0.1) is 35.7 Å². The van der Waals surface area contributed by atoms with Crippen LogP contribution in [0.4, 0.5) is 30.6 Å². The zero-order valence-corrected chi connectivity index (χ0v) is 22.6. The van der Waals surface area contributed by atoms with Crippen LogP contribution in [0.15, 0.2) is 30.3 Å². The van der Waals surface area contributed by atoms with Crippen molar-refractivity contribution in [2.24, 2.45) is 5.92 Å². The molecule has 0 spiro atoms. The van der Waals surface area contributed by atoms with E-state index in [0.717, 1.165) is 12.8 Å². The molecule has 4 rings (SSSR count). The highest BCUT2D eigenvalue weighted by molar-refractivity contribution is 6.04. The number of carbonyl (C=O) groups excluding carboxylic acids is 4. The normalized spacial score (nSPS) is 16.5. The van der Waals surface area contributed by atoms with Crippen LogP contribution in [-0.2, 0) is 14.3 Å². The van der Waals surface area contributed by atoms with Crippen molar-refractivity contribution >= 4 is 41.3 Å². The van der Waals surface area contributed by atoms with Crippen LogP contribution in [0.25, 0.3) is 0 Å². The number of halogens is 2. The van der Waals surface area contributed by atoms with Crippen molar-refractivity contribution in [3.8, 4) is 6.07 Å². The molecular formula is C28H30F2N6O5. The van der Waals surface area contributed by atoms with Gasteiger partial charge in [0, 0.05) is 30.9 Å². The first-order valence-electron chi connectivity index (χ1n) is 13.1. The molecular weight excluding hydrogens is 538 g/mol. The standard InChI is InChI=1S/C28H30F2N6O5/c1-16(2)36(15-37)24-6-5-19(10-20(24)26(38)32-13-17-3-4-17)33-28(40)35-7-8-41-25(14-35)27(39)34-23-11-21(29)18(12-31)9-22(23)30/h5-6,9-11,15-17,25H,3-4,7-8,13-14H2,1-2H3,(H,32,38)(H,33,40)(H,34,39). The Labute approximate surface area is 235 Å². The van der Waals surface area contributed by atoms with Crippen LogP contribution in [-0.4, -0.2) is 67.5 Å². The molecule has 0 aromatic heterocycles. The third-order valence-corrected chi connectivity index (χ3v) is 6.77. The van der Waals surface area contributed by atoms with E-state index in [0.29, 0.717) is 42.4 Å². The molecule has 3 N–H and O–H groups in total. The van der Waals surface area contributed by atoms with E-state index in [9.17, 15) is 28.0 Å². The van der Waals surface area contributed by atoms with E-state index in [1.807, 2.05) is 13.8 Å². The van der Waals surface area contributed by atoms with Gasteiger partial charge < -0.3 is 30.5 Å². The average molecular weight is 569 g/mol. The van der Waals surface area contributed by atoms with Crippen LogP contribution in [0, 0.1) is 28.9 Å². The highest BCUT2D eigenvalue weighted by Crippen LogP contribution is 2.29. The summed E-state index contributed by atoms with van der Waals surface area (Å²) in [5, 5.41) is 16.6. The molecule has 0 bridgehead atoms. The predicted molar refractivity (Wildman–Crippen MR) is 145 cm³/mol. The molecule has 1 saturated heterocycles. The van der Waals surface area contributed by atoms with Crippen molar-refractivity contribution in [2.45, 2.75) is 38.8 Å². The molecule has 0 radical (unpaired) electrons. The number of ether oxygens (including phenoxy) is 1. The summed E-state index contributed by atoms with van der Waals surface area (Å²) in [5.74, 6) is -2.72. The summed E-state index contributed by atoms with van der Waals surface area (Å²) in [4.78, 5) is 53.3. The van der Waals surface area contributed by atoms with E-state index in [1.54, 1.807) is 12.1 Å². The molecule has 2 aliphatic rings. The summed E-state index contributed by atoms with van der Waals surface area (Å²) in [6.07, 6.45) is 1.57. The largest absolute Gasteiger partial charge is 0.365 e. The number of urea groups is 1. The first-order chi connectivity index (χ1) is 19.6. The number of nitriles is 1. The molecule has 2 aromatic rings. The topological polar surface area (TPSA) is 144 Å². The third kappa shape index (κ3) is 7.15. The highest BCUT2D eigenvalue weighted by atomic mass is 19.1. The number of hydrogen-bond donors (Lipinski definition) is 3. The zero-order chi connectivity index (χ0) is 29.7. The minimum atomic E-state index is -1.18. The maximum atomic E-state index is 14.2. The SMILES string of the molecule is CC(C)N(C=O)c1ccc(NC(=O)N2CCOC(C(=O)Nc3cc(F)c(C#N)cc3F)C2)cc1C(=O)NCC1CC1. The van der Waals surface area contributed by atoms with Crippen molar-refractivity contribution in [1.82, 2.24) is 10.2 Å². The van der Waals surface area contributed by atoms with Crippen molar-refractivity contribution in [2.75, 3.05) is 41.8 Å². The monoisotopic (exact) mass is 568 g/mol. The van der Waals surface area contributed by atoms with Gasteiger partial charge >= 0.3 is 6.03 Å². The number of benzene rings is 2. The van der Waals surface area contributed by atoms with E-state index in [4.69, 9.17) is 10.00 Å². The molecule has 11 nitrogen and oxygen atoms in total. The fourth-order valence-corrected chi connectivity index (χ4v) is 4.27. The Morgan fingerprint density at radius 2 is 1.93 bits per heavy atom. The number of nitrogens with zero attached hydrogens (tertiary/aromatic N) is 3. The lowest BCUT2D eigenvalue weighted by atomic mass is 10.1. The van der Waals surface area contributed by atoms with Gasteiger partial charge in [-0.3, -0.25) is 14.4 Å². The van der Waals surface area contributed by atoms with Crippen LogP contribution in [0.3, 0.4) is 0 Å². The van der Waals surface area contributed by atoms with Gasteiger partial charge in [-0.1, -0.05) is 0 Å². The lowest BCUT2D eigenvalue weighted by Gasteiger charge is -2.32. The lowest BCUT2D eigenvalue weighted by molar-refractivity contribution is -0.131. The van der Waals surface area contributed by atoms with Crippen LogP contribution in [0.5, 0.6) is 0 Å². The Kier molecular flexibility index (Phi) is 9.14. The van der Waals surface area contributed by atoms with Crippen LogP contribution < -0.4 is 20.9 Å². The second-order valence-corrected chi connectivity index (χ2v) is 10.1. The van der Waals surface area contributed by atoms with Gasteiger partial charge in [-0.2, -0.15) is 5.26 Å². The van der Waals surface area contributed by atoms with Crippen LogP contribution in [0.2, 0.25) is 0 Å². The van der Waals surface area contributed by atoms with E-state index >= 15 is 0 Å². The second-order valence-electron chi connectivity index (χ2n) is 10.1. The summed E-state index contributed by atoms with van der Waals surface area (Å²) in [6.45, 7) is 4.12. The number of rotatable bonds is 9. The minimum absolute atomic E-state index is 0.00611. The number of hydrogen-bond acceptors (Lipinski definition) is 6. The van der Waals surface area contributed by atoms with Gasteiger partial charge in [0.2, 0.25) is 6.41 Å². The van der Waals surface area contributed by atoms with Gasteiger partial charge in [0.25, 0.3) is 11.8 Å². The molecule has 1 atom stereocenters. The van der Waals surface area contributed by atoms with Crippen molar-refractivity contribution in [1.29, 1.82) is 5.26 Å². The van der Waals surface area contributed by atoms with Crippen molar-refractivity contribution in [3.05, 3.63) is 53.1 Å². The summed E-state index contributed by atoms with van der Waals surface area (Å²) in [7, 11) is 0. The quantitative estimate of drug-likeness (QED) is 0.397. The number of carbonyl (C=O) groups is 4. The van der Waals surface area contributed by atoms with Gasteiger partial charge in [-0.25, -0.2) is 13.6 Å². The molecule has 2 fully saturated rings. The third-order valence-electron chi connectivity index (χ3n) is 6.77.